The lowest BCUT2D eigenvalue weighted by Crippen LogP contribution is -1.86. The fraction of sp³-hybridized carbons (Fsp3) is 0. The molecule has 20 heavy (non-hydrogen) atoms. The predicted molar refractivity (Wildman–Crippen MR) is 83.5 cm³/mol. The quantitative estimate of drug-likeness (QED) is 0.492. The van der Waals surface area contributed by atoms with Crippen molar-refractivity contribution in [3.05, 3.63) is 71.8 Å². The summed E-state index contributed by atoms with van der Waals surface area (Å²) >= 11 is 6.00. The highest BCUT2D eigenvalue weighted by Crippen LogP contribution is 2.24. The van der Waals surface area contributed by atoms with E-state index >= 15 is 0 Å². The zero-order valence-corrected chi connectivity index (χ0v) is 11.4. The van der Waals surface area contributed by atoms with Crippen LogP contribution < -0.4 is 5.43 Å². The van der Waals surface area contributed by atoms with Gasteiger partial charge in [0.25, 0.3) is 0 Å². The molecule has 3 rings (SSSR count). The molecule has 3 aromatic rings. The van der Waals surface area contributed by atoms with Gasteiger partial charge < -0.3 is 0 Å². The molecule has 0 amide bonds. The van der Waals surface area contributed by atoms with Gasteiger partial charge in [0.15, 0.2) is 0 Å². The number of hydrogen-bond acceptors (Lipinski definition) is 2. The van der Waals surface area contributed by atoms with E-state index in [4.69, 9.17) is 11.6 Å². The van der Waals surface area contributed by atoms with Gasteiger partial charge in [0.1, 0.15) is 5.69 Å². The van der Waals surface area contributed by atoms with E-state index in [0.717, 1.165) is 11.1 Å². The molecule has 0 radical (unpaired) electrons. The van der Waals surface area contributed by atoms with Crippen molar-refractivity contribution in [2.75, 3.05) is 5.43 Å². The molecule has 4 heteroatoms. The van der Waals surface area contributed by atoms with E-state index < -0.39 is 0 Å². The standard InChI is InChI=1S/C16H12ClN3/c17-15-7-3-4-8-16(15)19-20-18-14-10-9-12-5-1-2-6-13(12)11-14/h1-11H,(H,18,19). The number of halogens is 1. The highest BCUT2D eigenvalue weighted by atomic mass is 35.5. The molecule has 0 unspecified atom stereocenters. The molecule has 0 aliphatic heterocycles. The minimum Gasteiger partial charge on any atom is -0.260 e. The molecule has 3 nitrogen and oxygen atoms in total. The first-order valence-corrected chi connectivity index (χ1v) is 6.61. The Balaban J connectivity index is 1.78. The monoisotopic (exact) mass is 281 g/mol. The molecular formula is C16H12ClN3. The maximum atomic E-state index is 6.00. The molecule has 0 spiro atoms. The lowest BCUT2D eigenvalue weighted by Gasteiger charge is -2.02. The predicted octanol–water partition coefficient (Wildman–Crippen LogP) is 5.60. The maximum Gasteiger partial charge on any atom is 0.106 e. The topological polar surface area (TPSA) is 36.8 Å². The van der Waals surface area contributed by atoms with Crippen molar-refractivity contribution >= 4 is 33.7 Å². The SMILES string of the molecule is Clc1ccccc1N=NNc1ccc2ccccc2c1. The van der Waals surface area contributed by atoms with Crippen LogP contribution in [0.2, 0.25) is 5.02 Å². The Morgan fingerprint density at radius 2 is 1.55 bits per heavy atom. The Labute approximate surface area is 121 Å². The fourth-order valence-corrected chi connectivity index (χ4v) is 2.10. The molecule has 0 saturated carbocycles. The Morgan fingerprint density at radius 1 is 0.800 bits per heavy atom. The van der Waals surface area contributed by atoms with Crippen LogP contribution in [0.4, 0.5) is 11.4 Å². The molecule has 0 aliphatic rings. The summed E-state index contributed by atoms with van der Waals surface area (Å²) in [5.74, 6) is 0. The summed E-state index contributed by atoms with van der Waals surface area (Å²) in [5.41, 5.74) is 4.44. The van der Waals surface area contributed by atoms with Crippen molar-refractivity contribution in [1.82, 2.24) is 0 Å². The maximum absolute atomic E-state index is 6.00. The summed E-state index contributed by atoms with van der Waals surface area (Å²) in [7, 11) is 0. The van der Waals surface area contributed by atoms with Crippen molar-refractivity contribution < 1.29 is 0 Å². The summed E-state index contributed by atoms with van der Waals surface area (Å²) in [6.45, 7) is 0. The number of hydrogen-bond donors (Lipinski definition) is 1. The van der Waals surface area contributed by atoms with Crippen molar-refractivity contribution in [3.63, 3.8) is 0 Å². The van der Waals surface area contributed by atoms with Crippen LogP contribution in [0, 0.1) is 0 Å². The van der Waals surface area contributed by atoms with Gasteiger partial charge in [0.05, 0.1) is 10.7 Å². The molecule has 98 valence electrons. The molecule has 0 aromatic heterocycles. The van der Waals surface area contributed by atoms with Crippen LogP contribution in [0.3, 0.4) is 0 Å². The van der Waals surface area contributed by atoms with Crippen molar-refractivity contribution in [1.29, 1.82) is 0 Å². The van der Waals surface area contributed by atoms with Crippen LogP contribution in [-0.4, -0.2) is 0 Å². The van der Waals surface area contributed by atoms with Crippen LogP contribution in [0.15, 0.2) is 77.1 Å². The average molecular weight is 282 g/mol. The summed E-state index contributed by atoms with van der Waals surface area (Å²) in [5, 5.41) is 11.0. The minimum atomic E-state index is 0.580. The van der Waals surface area contributed by atoms with Gasteiger partial charge in [-0.3, -0.25) is 5.43 Å². The van der Waals surface area contributed by atoms with Gasteiger partial charge in [0.2, 0.25) is 0 Å². The van der Waals surface area contributed by atoms with Gasteiger partial charge in [-0.15, -0.1) is 5.11 Å². The molecule has 0 bridgehead atoms. The second-order valence-electron chi connectivity index (χ2n) is 4.33. The third-order valence-electron chi connectivity index (χ3n) is 2.94. The zero-order valence-electron chi connectivity index (χ0n) is 10.6. The zero-order chi connectivity index (χ0) is 13.8. The van der Waals surface area contributed by atoms with E-state index in [1.54, 1.807) is 6.07 Å². The second kappa shape index (κ2) is 5.72. The molecule has 0 aliphatic carbocycles. The van der Waals surface area contributed by atoms with Gasteiger partial charge >= 0.3 is 0 Å². The Kier molecular flexibility index (Phi) is 3.61. The summed E-state index contributed by atoms with van der Waals surface area (Å²) in [4.78, 5) is 0. The summed E-state index contributed by atoms with van der Waals surface area (Å²) in [6.07, 6.45) is 0. The van der Waals surface area contributed by atoms with Crippen LogP contribution in [-0.2, 0) is 0 Å². The number of anilines is 1. The van der Waals surface area contributed by atoms with E-state index in [1.165, 1.54) is 5.39 Å². The number of benzene rings is 3. The highest BCUT2D eigenvalue weighted by Gasteiger charge is 1.96. The van der Waals surface area contributed by atoms with Crippen LogP contribution >= 0.6 is 11.6 Å². The first-order valence-electron chi connectivity index (χ1n) is 6.23. The highest BCUT2D eigenvalue weighted by molar-refractivity contribution is 6.32. The lowest BCUT2D eigenvalue weighted by molar-refractivity contribution is 1.13. The van der Waals surface area contributed by atoms with Gasteiger partial charge in [-0.1, -0.05) is 59.3 Å². The van der Waals surface area contributed by atoms with Gasteiger partial charge in [-0.2, -0.15) is 0 Å². The number of nitrogens with one attached hydrogen (secondary N) is 1. The van der Waals surface area contributed by atoms with Gasteiger partial charge in [-0.25, -0.2) is 0 Å². The Morgan fingerprint density at radius 3 is 2.40 bits per heavy atom. The molecule has 3 aromatic carbocycles. The molecule has 0 atom stereocenters. The van der Waals surface area contributed by atoms with Crippen molar-refractivity contribution in [3.8, 4) is 0 Å². The molecule has 0 heterocycles. The van der Waals surface area contributed by atoms with E-state index in [9.17, 15) is 0 Å². The van der Waals surface area contributed by atoms with Gasteiger partial charge in [-0.05, 0) is 35.0 Å². The molecular weight excluding hydrogens is 270 g/mol. The molecule has 0 fully saturated rings. The smallest absolute Gasteiger partial charge is 0.106 e. The van der Waals surface area contributed by atoms with Crippen LogP contribution in [0.5, 0.6) is 0 Å². The van der Waals surface area contributed by atoms with E-state index in [1.807, 2.05) is 48.5 Å². The van der Waals surface area contributed by atoms with Crippen molar-refractivity contribution in [2.45, 2.75) is 0 Å². The van der Waals surface area contributed by atoms with E-state index in [2.05, 4.69) is 27.9 Å². The minimum absolute atomic E-state index is 0.580. The summed E-state index contributed by atoms with van der Waals surface area (Å²) in [6, 6.07) is 21.5. The summed E-state index contributed by atoms with van der Waals surface area (Å²) < 4.78 is 0. The lowest BCUT2D eigenvalue weighted by atomic mass is 10.1. The first kappa shape index (κ1) is 12.6. The van der Waals surface area contributed by atoms with Crippen molar-refractivity contribution in [2.24, 2.45) is 10.3 Å². The molecule has 0 saturated heterocycles. The van der Waals surface area contributed by atoms with Crippen LogP contribution in [0.1, 0.15) is 0 Å². The third kappa shape index (κ3) is 2.78. The van der Waals surface area contributed by atoms with E-state index in [0.29, 0.717) is 10.7 Å². The number of rotatable bonds is 3. The molecule has 1 N–H and O–H groups in total. The average Bonchev–Trinajstić information content (AvgIpc) is 2.49. The van der Waals surface area contributed by atoms with Gasteiger partial charge in [0, 0.05) is 0 Å². The number of fused-ring (bicyclic) bond motifs is 1. The van der Waals surface area contributed by atoms with E-state index in [-0.39, 0.29) is 0 Å². The third-order valence-corrected chi connectivity index (χ3v) is 3.26. The number of nitrogens with zero attached hydrogens (tertiary/aromatic N) is 2. The Bertz CT molecular complexity index is 768. The first-order chi connectivity index (χ1) is 9.83. The van der Waals surface area contributed by atoms with Crippen LogP contribution in [0.25, 0.3) is 10.8 Å². The second-order valence-corrected chi connectivity index (χ2v) is 4.73. The fourth-order valence-electron chi connectivity index (χ4n) is 1.93. The normalized spacial score (nSPS) is 11.1. The largest absolute Gasteiger partial charge is 0.260 e. The Hall–Kier alpha value is -2.39.